The number of hydrogen-bond donors (Lipinski definition) is 0. The van der Waals surface area contributed by atoms with E-state index in [1.165, 1.54) is 43.1 Å². The van der Waals surface area contributed by atoms with E-state index >= 15 is 0 Å². The number of thiazole rings is 1. The maximum atomic E-state index is 5.47. The number of para-hydroxylation sites is 2. The fourth-order valence-electron chi connectivity index (χ4n) is 8.52. The van der Waals surface area contributed by atoms with E-state index in [2.05, 4.69) is 246 Å². The summed E-state index contributed by atoms with van der Waals surface area (Å²) in [6.45, 7) is 0. The number of nitrogens with zero attached hydrogens (tertiary/aromatic N) is 3. The summed E-state index contributed by atoms with van der Waals surface area (Å²) in [6, 6.07) is 84.5. The molecule has 0 saturated heterocycles. The van der Waals surface area contributed by atoms with Gasteiger partial charge >= 0.3 is 0 Å². The van der Waals surface area contributed by atoms with Crippen LogP contribution in [0.1, 0.15) is 0 Å². The Hall–Kier alpha value is -7.79. The molecule has 0 fully saturated rings. The Balaban J connectivity index is 1.01. The minimum Gasteiger partial charge on any atom is -0.310 e. The van der Waals surface area contributed by atoms with Crippen molar-refractivity contribution in [1.82, 2.24) is 4.98 Å². The molecule has 10 aromatic carbocycles. The van der Waals surface area contributed by atoms with Gasteiger partial charge in [-0.2, -0.15) is 0 Å². The first-order chi connectivity index (χ1) is 30.2. The van der Waals surface area contributed by atoms with Crippen LogP contribution in [0.25, 0.3) is 64.6 Å². The Morgan fingerprint density at radius 2 is 0.689 bits per heavy atom. The van der Waals surface area contributed by atoms with Crippen LogP contribution in [0.3, 0.4) is 0 Å². The topological polar surface area (TPSA) is 19.4 Å². The molecule has 61 heavy (non-hydrogen) atoms. The van der Waals surface area contributed by atoms with Crippen molar-refractivity contribution in [3.05, 3.63) is 237 Å². The maximum absolute atomic E-state index is 5.47. The molecule has 288 valence electrons. The second-order valence-corrected chi connectivity index (χ2v) is 16.2. The zero-order valence-electron chi connectivity index (χ0n) is 33.3. The molecular weight excluding hydrogens is 759 g/mol. The van der Waals surface area contributed by atoms with Crippen LogP contribution in [0, 0.1) is 0 Å². The lowest BCUT2D eigenvalue weighted by molar-refractivity contribution is 1.28. The molecule has 3 nitrogen and oxygen atoms in total. The van der Waals surface area contributed by atoms with Crippen molar-refractivity contribution in [3.63, 3.8) is 0 Å². The van der Waals surface area contributed by atoms with Crippen molar-refractivity contribution in [3.8, 4) is 32.8 Å². The van der Waals surface area contributed by atoms with Crippen LogP contribution in [0.4, 0.5) is 34.1 Å². The van der Waals surface area contributed by atoms with Crippen LogP contribution in [0.5, 0.6) is 0 Å². The molecule has 0 atom stereocenters. The van der Waals surface area contributed by atoms with Gasteiger partial charge in [0.2, 0.25) is 0 Å². The van der Waals surface area contributed by atoms with Gasteiger partial charge in [-0.05, 0) is 106 Å². The zero-order valence-corrected chi connectivity index (χ0v) is 34.1. The Morgan fingerprint density at radius 1 is 0.279 bits per heavy atom. The lowest BCUT2D eigenvalue weighted by Gasteiger charge is -2.26. The molecular formula is C57H39N3S. The first-order valence-corrected chi connectivity index (χ1v) is 21.4. The third-order valence-electron chi connectivity index (χ3n) is 11.5. The number of rotatable bonds is 9. The summed E-state index contributed by atoms with van der Waals surface area (Å²) >= 11 is 1.77. The lowest BCUT2D eigenvalue weighted by Crippen LogP contribution is -2.09. The van der Waals surface area contributed by atoms with Gasteiger partial charge in [0.15, 0.2) is 0 Å². The van der Waals surface area contributed by atoms with Gasteiger partial charge < -0.3 is 9.80 Å². The van der Waals surface area contributed by atoms with Gasteiger partial charge in [-0.3, -0.25) is 0 Å². The summed E-state index contributed by atoms with van der Waals surface area (Å²) in [7, 11) is 0. The number of fused-ring (bicyclic) bond motifs is 6. The highest BCUT2D eigenvalue weighted by Crippen LogP contribution is 2.45. The van der Waals surface area contributed by atoms with Crippen LogP contribution in [0.2, 0.25) is 0 Å². The highest BCUT2D eigenvalue weighted by atomic mass is 32.1. The molecule has 0 spiro atoms. The summed E-state index contributed by atoms with van der Waals surface area (Å²) < 4.78 is 1.20. The van der Waals surface area contributed by atoms with E-state index < -0.39 is 0 Å². The lowest BCUT2D eigenvalue weighted by atomic mass is 9.99. The Morgan fingerprint density at radius 3 is 1.25 bits per heavy atom. The van der Waals surface area contributed by atoms with E-state index in [0.29, 0.717) is 0 Å². The summed E-state index contributed by atoms with van der Waals surface area (Å²) in [5.41, 5.74) is 13.5. The summed E-state index contributed by atoms with van der Waals surface area (Å²) in [5, 5.41) is 5.76. The molecule has 0 amide bonds. The fraction of sp³-hybridized carbons (Fsp3) is 0. The highest BCUT2D eigenvalue weighted by Gasteiger charge is 2.20. The van der Waals surface area contributed by atoms with Gasteiger partial charge in [-0.1, -0.05) is 164 Å². The summed E-state index contributed by atoms with van der Waals surface area (Å²) in [6.07, 6.45) is 0. The van der Waals surface area contributed by atoms with Crippen LogP contribution < -0.4 is 9.80 Å². The van der Waals surface area contributed by atoms with E-state index in [0.717, 1.165) is 55.6 Å². The van der Waals surface area contributed by atoms with E-state index in [4.69, 9.17) is 4.98 Å². The van der Waals surface area contributed by atoms with E-state index in [9.17, 15) is 0 Å². The molecule has 0 aliphatic heterocycles. The minimum absolute atomic E-state index is 0.996. The molecule has 0 aliphatic carbocycles. The normalized spacial score (nSPS) is 11.3. The number of anilines is 6. The van der Waals surface area contributed by atoms with Crippen molar-refractivity contribution < 1.29 is 0 Å². The van der Waals surface area contributed by atoms with Crippen molar-refractivity contribution in [2.45, 2.75) is 0 Å². The van der Waals surface area contributed by atoms with Crippen molar-refractivity contribution in [1.29, 1.82) is 0 Å². The quantitative estimate of drug-likeness (QED) is 0.136. The second-order valence-electron chi connectivity index (χ2n) is 15.2. The van der Waals surface area contributed by atoms with Gasteiger partial charge in [-0.15, -0.1) is 11.3 Å². The monoisotopic (exact) mass is 797 g/mol. The predicted octanol–water partition coefficient (Wildman–Crippen LogP) is 16.5. The average molecular weight is 798 g/mol. The average Bonchev–Trinajstić information content (AvgIpc) is 3.80. The standard InChI is InChI=1S/C57H39N3S/c1-5-16-40(17-6-1)42-28-32-47(33-29-42)59(45-21-9-3-10-22-45)49-25-15-20-44(38-49)57-58-55-52-37-36-50(39-54(52)51-26-13-14-27-53(51)56(55)61-57)60(46-23-11-4-12-24-46)48-34-30-43(31-35-48)41-18-7-2-8-19-41/h1-39H. The van der Waals surface area contributed by atoms with Gasteiger partial charge in [-0.25, -0.2) is 4.98 Å². The third kappa shape index (κ3) is 6.89. The zero-order chi connectivity index (χ0) is 40.5. The summed E-state index contributed by atoms with van der Waals surface area (Å²) in [4.78, 5) is 10.1. The van der Waals surface area contributed by atoms with E-state index in [-0.39, 0.29) is 0 Å². The van der Waals surface area contributed by atoms with Crippen molar-refractivity contribution in [2.24, 2.45) is 0 Å². The molecule has 0 saturated carbocycles. The second kappa shape index (κ2) is 15.8. The molecule has 0 aliphatic rings. The molecule has 4 heteroatoms. The first kappa shape index (κ1) is 36.3. The first-order valence-electron chi connectivity index (χ1n) is 20.6. The molecule has 0 radical (unpaired) electrons. The number of hydrogen-bond acceptors (Lipinski definition) is 4. The summed E-state index contributed by atoms with van der Waals surface area (Å²) in [5.74, 6) is 0. The van der Waals surface area contributed by atoms with Gasteiger partial charge in [0.25, 0.3) is 0 Å². The fourth-order valence-corrected chi connectivity index (χ4v) is 9.63. The van der Waals surface area contributed by atoms with Crippen LogP contribution in [-0.2, 0) is 0 Å². The smallest absolute Gasteiger partial charge is 0.124 e. The highest BCUT2D eigenvalue weighted by molar-refractivity contribution is 7.22. The van der Waals surface area contributed by atoms with Gasteiger partial charge in [0.1, 0.15) is 5.01 Å². The minimum atomic E-state index is 0.996. The molecule has 1 aromatic heterocycles. The largest absolute Gasteiger partial charge is 0.310 e. The SMILES string of the molecule is c1ccc(-c2ccc(N(c3ccccc3)c3cccc(-c4nc5c6ccc(N(c7ccccc7)c7ccc(-c8ccccc8)cc7)cc6c6ccccc6c5s4)c3)cc2)cc1. The van der Waals surface area contributed by atoms with Crippen LogP contribution in [-0.4, -0.2) is 4.98 Å². The molecule has 0 N–H and O–H groups in total. The molecule has 0 unspecified atom stereocenters. The van der Waals surface area contributed by atoms with E-state index in [1.54, 1.807) is 11.3 Å². The third-order valence-corrected chi connectivity index (χ3v) is 12.6. The number of aromatic nitrogens is 1. The number of benzene rings is 10. The molecule has 11 rings (SSSR count). The van der Waals surface area contributed by atoms with Crippen molar-refractivity contribution in [2.75, 3.05) is 9.80 Å². The Kier molecular flexibility index (Phi) is 9.38. The maximum Gasteiger partial charge on any atom is 0.124 e. The molecule has 0 bridgehead atoms. The Labute approximate surface area is 359 Å². The van der Waals surface area contributed by atoms with Gasteiger partial charge in [0.05, 0.1) is 10.2 Å². The molecule has 1 heterocycles. The van der Waals surface area contributed by atoms with Crippen LogP contribution >= 0.6 is 11.3 Å². The Bertz CT molecular complexity index is 3270. The van der Waals surface area contributed by atoms with Gasteiger partial charge in [0, 0.05) is 50.5 Å². The predicted molar refractivity (Wildman–Crippen MR) is 260 cm³/mol. The molecule has 11 aromatic rings. The van der Waals surface area contributed by atoms with Crippen LogP contribution in [0.15, 0.2) is 237 Å². The van der Waals surface area contributed by atoms with Crippen molar-refractivity contribution >= 4 is 77.2 Å². The van der Waals surface area contributed by atoms with E-state index in [1.807, 2.05) is 0 Å².